The Morgan fingerprint density at radius 1 is 1.26 bits per heavy atom. The first-order chi connectivity index (χ1) is 10.3. The molecule has 0 fully saturated rings. The molecule has 1 heterocycles. The van der Waals surface area contributed by atoms with Crippen LogP contribution >= 0.6 is 0 Å². The van der Waals surface area contributed by atoms with Gasteiger partial charge in [-0.15, -0.1) is 0 Å². The first-order valence-electron chi connectivity index (χ1n) is 5.96. The van der Waals surface area contributed by atoms with Gasteiger partial charge in [-0.3, -0.25) is 4.79 Å². The topological polar surface area (TPSA) is 129 Å². The predicted octanol–water partition coefficient (Wildman–Crippen LogP) is 0.379. The highest BCUT2D eigenvalue weighted by Crippen LogP contribution is 2.26. The second-order valence-corrected chi connectivity index (χ2v) is 5.93. The minimum atomic E-state index is -4.61. The van der Waals surface area contributed by atoms with Gasteiger partial charge in [0, 0.05) is 0 Å². The van der Waals surface area contributed by atoms with Crippen molar-refractivity contribution in [2.24, 2.45) is 5.14 Å². The molecule has 3 N–H and O–H groups in total. The summed E-state index contributed by atoms with van der Waals surface area (Å²) in [5, 5.41) is 6.45. The van der Waals surface area contributed by atoms with Crippen LogP contribution in [0.15, 0.2) is 9.31 Å². The number of primary sulfonamides is 1. The minimum absolute atomic E-state index is 0.118. The van der Waals surface area contributed by atoms with Gasteiger partial charge in [-0.2, -0.15) is 13.2 Å². The molecule has 8 nitrogen and oxygen atoms in total. The highest BCUT2D eigenvalue weighted by molar-refractivity contribution is 7.89. The summed E-state index contributed by atoms with van der Waals surface area (Å²) in [6.07, 6.45) is -4.61. The summed E-state index contributed by atoms with van der Waals surface area (Å²) in [5.74, 6) is -2.73. The van der Waals surface area contributed by atoms with E-state index in [-0.39, 0.29) is 11.5 Å². The molecule has 0 aliphatic rings. The maximum absolute atomic E-state index is 11.9. The zero-order valence-electron chi connectivity index (χ0n) is 12.0. The standard InChI is InChI=1S/C11H13F3N2O6S/c1-5-8(9(6(2)22-5)23(15,19)20)10(18)21-3-7(17)16-4-11(12,13)14/h3-4H2,1-2H3,(H,16,17)(H2,15,19,20). The van der Waals surface area contributed by atoms with Gasteiger partial charge in [0.2, 0.25) is 10.0 Å². The Bertz CT molecular complexity index is 723. The second-order valence-electron chi connectivity index (χ2n) is 4.43. The summed E-state index contributed by atoms with van der Waals surface area (Å²) >= 11 is 0. The van der Waals surface area contributed by atoms with E-state index < -0.39 is 51.7 Å². The fourth-order valence-electron chi connectivity index (χ4n) is 1.70. The fourth-order valence-corrected chi connectivity index (χ4v) is 2.65. The van der Waals surface area contributed by atoms with Crippen molar-refractivity contribution in [3.63, 3.8) is 0 Å². The van der Waals surface area contributed by atoms with Gasteiger partial charge in [0.25, 0.3) is 5.91 Å². The van der Waals surface area contributed by atoms with Crippen molar-refractivity contribution in [1.29, 1.82) is 0 Å². The molecule has 0 saturated carbocycles. The Hall–Kier alpha value is -2.08. The van der Waals surface area contributed by atoms with Crippen LogP contribution < -0.4 is 10.5 Å². The zero-order chi connectivity index (χ0) is 18.0. The van der Waals surface area contributed by atoms with Gasteiger partial charge in [0.15, 0.2) is 6.61 Å². The van der Waals surface area contributed by atoms with Crippen molar-refractivity contribution < 1.29 is 40.3 Å². The number of esters is 1. The highest BCUT2D eigenvalue weighted by atomic mass is 32.2. The number of alkyl halides is 3. The first-order valence-corrected chi connectivity index (χ1v) is 7.51. The summed E-state index contributed by atoms with van der Waals surface area (Å²) in [7, 11) is -4.30. The number of carbonyl (C=O) groups is 2. The highest BCUT2D eigenvalue weighted by Gasteiger charge is 2.31. The first kappa shape index (κ1) is 19.0. The lowest BCUT2D eigenvalue weighted by Crippen LogP contribution is -2.36. The van der Waals surface area contributed by atoms with Gasteiger partial charge in [-0.1, -0.05) is 0 Å². The summed E-state index contributed by atoms with van der Waals surface area (Å²) in [6, 6.07) is 0. The Morgan fingerprint density at radius 3 is 2.30 bits per heavy atom. The van der Waals surface area contributed by atoms with Gasteiger partial charge in [0.05, 0.1) is 0 Å². The minimum Gasteiger partial charge on any atom is -0.464 e. The van der Waals surface area contributed by atoms with Crippen molar-refractivity contribution in [2.75, 3.05) is 13.2 Å². The number of sulfonamides is 1. The van der Waals surface area contributed by atoms with Crippen LogP contribution in [0.25, 0.3) is 0 Å². The molecule has 0 atom stereocenters. The molecule has 1 aromatic heterocycles. The van der Waals surface area contributed by atoms with E-state index in [9.17, 15) is 31.2 Å². The third kappa shape index (κ3) is 5.25. The Balaban J connectivity index is 2.83. The molecule has 1 aromatic rings. The molecule has 0 aliphatic carbocycles. The van der Waals surface area contributed by atoms with Crippen molar-refractivity contribution in [2.45, 2.75) is 24.9 Å². The van der Waals surface area contributed by atoms with E-state index in [1.54, 1.807) is 0 Å². The quantitative estimate of drug-likeness (QED) is 0.732. The van der Waals surface area contributed by atoms with Crippen molar-refractivity contribution >= 4 is 21.9 Å². The molecule has 0 bridgehead atoms. The SMILES string of the molecule is Cc1oc(C)c(S(N)(=O)=O)c1C(=O)OCC(=O)NCC(F)(F)F. The van der Waals surface area contributed by atoms with E-state index in [0.717, 1.165) is 0 Å². The molecule has 1 rings (SSSR count). The van der Waals surface area contributed by atoms with Crippen molar-refractivity contribution in [3.05, 3.63) is 17.1 Å². The zero-order valence-corrected chi connectivity index (χ0v) is 12.8. The van der Waals surface area contributed by atoms with E-state index in [1.165, 1.54) is 19.2 Å². The van der Waals surface area contributed by atoms with Crippen LogP contribution in [-0.2, 0) is 19.6 Å². The van der Waals surface area contributed by atoms with Gasteiger partial charge in [0.1, 0.15) is 28.5 Å². The van der Waals surface area contributed by atoms with Gasteiger partial charge in [-0.25, -0.2) is 18.4 Å². The third-order valence-electron chi connectivity index (χ3n) is 2.51. The predicted molar refractivity (Wildman–Crippen MR) is 68.9 cm³/mol. The van der Waals surface area contributed by atoms with Crippen LogP contribution in [0.3, 0.4) is 0 Å². The number of aryl methyl sites for hydroxylation is 2. The van der Waals surface area contributed by atoms with Gasteiger partial charge in [-0.05, 0) is 13.8 Å². The van der Waals surface area contributed by atoms with Gasteiger partial charge < -0.3 is 14.5 Å². The van der Waals surface area contributed by atoms with E-state index >= 15 is 0 Å². The number of ether oxygens (including phenoxy) is 1. The Morgan fingerprint density at radius 2 is 1.83 bits per heavy atom. The number of amides is 1. The number of halogens is 3. The molecule has 0 aliphatic heterocycles. The number of furan rings is 1. The number of carbonyl (C=O) groups excluding carboxylic acids is 2. The van der Waals surface area contributed by atoms with Crippen molar-refractivity contribution in [1.82, 2.24) is 5.32 Å². The lowest BCUT2D eigenvalue weighted by atomic mass is 10.2. The second kappa shape index (κ2) is 6.58. The summed E-state index contributed by atoms with van der Waals surface area (Å²) in [4.78, 5) is 22.4. The molecule has 0 spiro atoms. The Kier molecular flexibility index (Phi) is 5.43. The molecule has 0 saturated heterocycles. The lowest BCUT2D eigenvalue weighted by molar-refractivity contribution is -0.140. The van der Waals surface area contributed by atoms with Crippen LogP contribution in [0, 0.1) is 13.8 Å². The van der Waals surface area contributed by atoms with E-state index in [4.69, 9.17) is 9.56 Å². The molecule has 23 heavy (non-hydrogen) atoms. The maximum Gasteiger partial charge on any atom is 0.405 e. The molecule has 1 amide bonds. The molecule has 0 unspecified atom stereocenters. The average Bonchev–Trinajstić information content (AvgIpc) is 2.67. The number of hydrogen-bond acceptors (Lipinski definition) is 6. The molecular formula is C11H13F3N2O6S. The van der Waals surface area contributed by atoms with Gasteiger partial charge >= 0.3 is 12.1 Å². The summed E-state index contributed by atoms with van der Waals surface area (Å²) in [5.41, 5.74) is -0.506. The molecule has 0 radical (unpaired) electrons. The Labute approximate surface area is 128 Å². The fraction of sp³-hybridized carbons (Fsp3) is 0.455. The van der Waals surface area contributed by atoms with Crippen LogP contribution in [0.5, 0.6) is 0 Å². The number of rotatable bonds is 5. The smallest absolute Gasteiger partial charge is 0.405 e. The summed E-state index contributed by atoms with van der Waals surface area (Å²) in [6.45, 7) is -0.0974. The molecule has 130 valence electrons. The van der Waals surface area contributed by atoms with Crippen LogP contribution in [0.4, 0.5) is 13.2 Å². The number of hydrogen-bond donors (Lipinski definition) is 2. The van der Waals surface area contributed by atoms with Crippen LogP contribution in [0.1, 0.15) is 21.9 Å². The number of nitrogens with one attached hydrogen (secondary N) is 1. The van der Waals surface area contributed by atoms with E-state index in [2.05, 4.69) is 4.74 Å². The summed E-state index contributed by atoms with van der Waals surface area (Å²) < 4.78 is 68.1. The normalized spacial score (nSPS) is 12.1. The number of nitrogens with two attached hydrogens (primary N) is 1. The van der Waals surface area contributed by atoms with E-state index in [0.29, 0.717) is 0 Å². The lowest BCUT2D eigenvalue weighted by Gasteiger charge is -2.09. The van der Waals surface area contributed by atoms with Crippen LogP contribution in [0.2, 0.25) is 0 Å². The molecule has 12 heteroatoms. The largest absolute Gasteiger partial charge is 0.464 e. The van der Waals surface area contributed by atoms with E-state index in [1.807, 2.05) is 0 Å². The molecular weight excluding hydrogens is 345 g/mol. The van der Waals surface area contributed by atoms with Crippen LogP contribution in [-0.4, -0.2) is 39.6 Å². The van der Waals surface area contributed by atoms with Crippen molar-refractivity contribution in [3.8, 4) is 0 Å². The monoisotopic (exact) mass is 358 g/mol. The average molecular weight is 358 g/mol. The third-order valence-corrected chi connectivity index (χ3v) is 3.57. The molecule has 0 aromatic carbocycles. The maximum atomic E-state index is 11.9.